The first-order chi connectivity index (χ1) is 8.90. The van der Waals surface area contributed by atoms with Gasteiger partial charge in [-0.25, -0.2) is 0 Å². The van der Waals surface area contributed by atoms with Gasteiger partial charge in [-0.3, -0.25) is 4.79 Å². The van der Waals surface area contributed by atoms with Crippen LogP contribution in [0.5, 0.6) is 0 Å². The van der Waals surface area contributed by atoms with Gasteiger partial charge in [-0.05, 0) is 31.1 Å². The summed E-state index contributed by atoms with van der Waals surface area (Å²) in [7, 11) is 1.71. The summed E-state index contributed by atoms with van der Waals surface area (Å²) in [5, 5.41) is 0. The highest BCUT2D eigenvalue weighted by atomic mass is 16.5. The summed E-state index contributed by atoms with van der Waals surface area (Å²) in [4.78, 5) is 12.7. The third kappa shape index (κ3) is 6.07. The maximum absolute atomic E-state index is 12.7. The number of hydrogen-bond donors (Lipinski definition) is 0. The highest BCUT2D eigenvalue weighted by molar-refractivity contribution is 5.85. The Morgan fingerprint density at radius 1 is 1.16 bits per heavy atom. The number of carbonyl (C=O) groups excluding carboxylic acids is 1. The lowest BCUT2D eigenvalue weighted by Gasteiger charge is -2.36. The summed E-state index contributed by atoms with van der Waals surface area (Å²) in [5.41, 5.74) is -0.271. The molecule has 0 bridgehead atoms. The molecule has 0 fully saturated rings. The minimum Gasteiger partial charge on any atom is -0.384 e. The van der Waals surface area contributed by atoms with Crippen molar-refractivity contribution in [3.63, 3.8) is 0 Å². The largest absolute Gasteiger partial charge is 0.384 e. The standard InChI is InChI=1S/C17H34O2/c1-7-8-9-10-16(18)17(13-19-6,15(4)5)12-11-14(2)3/h14-15H,7-13H2,1-6H3. The first kappa shape index (κ1) is 18.6. The van der Waals surface area contributed by atoms with Crippen molar-refractivity contribution in [1.29, 1.82) is 0 Å². The Balaban J connectivity index is 4.82. The molecule has 0 spiro atoms. The molecular weight excluding hydrogens is 236 g/mol. The van der Waals surface area contributed by atoms with Gasteiger partial charge in [0, 0.05) is 13.5 Å². The molecule has 1 unspecified atom stereocenters. The normalized spacial score (nSPS) is 14.9. The van der Waals surface area contributed by atoms with Crippen LogP contribution in [0.25, 0.3) is 0 Å². The molecule has 0 aromatic rings. The maximum atomic E-state index is 12.7. The Kier molecular flexibility index (Phi) is 9.34. The van der Waals surface area contributed by atoms with Crippen LogP contribution in [0.15, 0.2) is 0 Å². The van der Waals surface area contributed by atoms with E-state index in [1.165, 1.54) is 0 Å². The van der Waals surface area contributed by atoms with Gasteiger partial charge in [-0.15, -0.1) is 0 Å². The fraction of sp³-hybridized carbons (Fsp3) is 0.941. The zero-order chi connectivity index (χ0) is 14.9. The van der Waals surface area contributed by atoms with Crippen molar-refractivity contribution in [1.82, 2.24) is 0 Å². The molecule has 0 aromatic heterocycles. The number of ketones is 1. The van der Waals surface area contributed by atoms with E-state index in [0.29, 0.717) is 30.6 Å². The number of rotatable bonds is 11. The third-order valence-corrected chi connectivity index (χ3v) is 4.24. The van der Waals surface area contributed by atoms with E-state index >= 15 is 0 Å². The maximum Gasteiger partial charge on any atom is 0.141 e. The SMILES string of the molecule is CCCCCC(=O)C(CCC(C)C)(COC)C(C)C. The monoisotopic (exact) mass is 270 g/mol. The molecule has 114 valence electrons. The highest BCUT2D eigenvalue weighted by Crippen LogP contribution is 2.37. The van der Waals surface area contributed by atoms with Gasteiger partial charge in [-0.1, -0.05) is 47.5 Å². The van der Waals surface area contributed by atoms with Crippen LogP contribution in [0.1, 0.15) is 73.1 Å². The van der Waals surface area contributed by atoms with Crippen molar-refractivity contribution in [2.24, 2.45) is 17.3 Å². The predicted molar refractivity (Wildman–Crippen MR) is 82.4 cm³/mol. The van der Waals surface area contributed by atoms with E-state index in [1.807, 2.05) is 0 Å². The molecule has 0 saturated heterocycles. The summed E-state index contributed by atoms with van der Waals surface area (Å²) >= 11 is 0. The highest BCUT2D eigenvalue weighted by Gasteiger charge is 2.40. The van der Waals surface area contributed by atoms with E-state index < -0.39 is 0 Å². The van der Waals surface area contributed by atoms with Gasteiger partial charge in [0.1, 0.15) is 5.78 Å². The molecule has 0 heterocycles. The summed E-state index contributed by atoms with van der Waals surface area (Å²) in [5.74, 6) is 1.40. The Bertz CT molecular complexity index is 246. The molecule has 0 N–H and O–H groups in total. The van der Waals surface area contributed by atoms with Gasteiger partial charge in [0.2, 0.25) is 0 Å². The molecule has 1 atom stereocenters. The molecule has 2 heteroatoms. The van der Waals surface area contributed by atoms with Crippen molar-refractivity contribution in [2.75, 3.05) is 13.7 Å². The van der Waals surface area contributed by atoms with Crippen LogP contribution in [-0.2, 0) is 9.53 Å². The lowest BCUT2D eigenvalue weighted by Crippen LogP contribution is -2.41. The van der Waals surface area contributed by atoms with E-state index in [0.717, 1.165) is 32.1 Å². The number of methoxy groups -OCH3 is 1. The third-order valence-electron chi connectivity index (χ3n) is 4.24. The Labute approximate surface area is 120 Å². The van der Waals surface area contributed by atoms with Gasteiger partial charge in [0.25, 0.3) is 0 Å². The van der Waals surface area contributed by atoms with Crippen LogP contribution < -0.4 is 0 Å². The Morgan fingerprint density at radius 2 is 1.79 bits per heavy atom. The molecule has 0 rings (SSSR count). The van der Waals surface area contributed by atoms with Crippen molar-refractivity contribution in [3.05, 3.63) is 0 Å². The van der Waals surface area contributed by atoms with E-state index in [4.69, 9.17) is 4.74 Å². The lowest BCUT2D eigenvalue weighted by molar-refractivity contribution is -0.136. The van der Waals surface area contributed by atoms with Crippen LogP contribution in [0.3, 0.4) is 0 Å². The number of unbranched alkanes of at least 4 members (excludes halogenated alkanes) is 2. The van der Waals surface area contributed by atoms with Crippen LogP contribution in [-0.4, -0.2) is 19.5 Å². The van der Waals surface area contributed by atoms with Gasteiger partial charge < -0.3 is 4.74 Å². The van der Waals surface area contributed by atoms with E-state index in [9.17, 15) is 4.79 Å². The summed E-state index contributed by atoms with van der Waals surface area (Å²) < 4.78 is 5.41. The topological polar surface area (TPSA) is 26.3 Å². The smallest absolute Gasteiger partial charge is 0.141 e. The molecule has 0 radical (unpaired) electrons. The molecule has 0 amide bonds. The summed E-state index contributed by atoms with van der Waals surface area (Å²) in [6.07, 6.45) is 6.11. The molecule has 0 aliphatic carbocycles. The van der Waals surface area contributed by atoms with Crippen LogP contribution in [0, 0.1) is 17.3 Å². The van der Waals surface area contributed by atoms with E-state index in [2.05, 4.69) is 34.6 Å². The number of carbonyl (C=O) groups is 1. The van der Waals surface area contributed by atoms with Crippen molar-refractivity contribution in [3.8, 4) is 0 Å². The van der Waals surface area contributed by atoms with Gasteiger partial charge in [0.05, 0.1) is 12.0 Å². The Morgan fingerprint density at radius 3 is 2.21 bits per heavy atom. The number of hydrogen-bond acceptors (Lipinski definition) is 2. The summed E-state index contributed by atoms with van der Waals surface area (Å²) in [6, 6.07) is 0. The predicted octanol–water partition coefficient (Wildman–Crippen LogP) is 4.86. The quantitative estimate of drug-likeness (QED) is 0.501. The van der Waals surface area contributed by atoms with E-state index in [-0.39, 0.29) is 5.41 Å². The molecule has 0 aliphatic heterocycles. The summed E-state index contributed by atoms with van der Waals surface area (Å²) in [6.45, 7) is 11.5. The van der Waals surface area contributed by atoms with Gasteiger partial charge in [-0.2, -0.15) is 0 Å². The van der Waals surface area contributed by atoms with Crippen molar-refractivity contribution >= 4 is 5.78 Å². The lowest BCUT2D eigenvalue weighted by atomic mass is 9.69. The Hall–Kier alpha value is -0.370. The first-order valence-electron chi connectivity index (χ1n) is 7.93. The van der Waals surface area contributed by atoms with Crippen LogP contribution in [0.2, 0.25) is 0 Å². The average Bonchev–Trinajstić information content (AvgIpc) is 2.34. The van der Waals surface area contributed by atoms with E-state index in [1.54, 1.807) is 7.11 Å². The zero-order valence-electron chi connectivity index (χ0n) is 13.9. The molecule has 0 aliphatic rings. The van der Waals surface area contributed by atoms with Gasteiger partial charge in [0.15, 0.2) is 0 Å². The molecule has 0 saturated carbocycles. The fourth-order valence-corrected chi connectivity index (χ4v) is 2.66. The fourth-order valence-electron chi connectivity index (χ4n) is 2.66. The minimum atomic E-state index is -0.271. The van der Waals surface area contributed by atoms with Crippen molar-refractivity contribution in [2.45, 2.75) is 73.1 Å². The van der Waals surface area contributed by atoms with Crippen LogP contribution in [0.4, 0.5) is 0 Å². The second-order valence-corrected chi connectivity index (χ2v) is 6.56. The molecule has 0 aromatic carbocycles. The molecule has 19 heavy (non-hydrogen) atoms. The second kappa shape index (κ2) is 9.52. The van der Waals surface area contributed by atoms with Crippen molar-refractivity contribution < 1.29 is 9.53 Å². The molecular formula is C17H34O2. The zero-order valence-corrected chi connectivity index (χ0v) is 13.9. The second-order valence-electron chi connectivity index (χ2n) is 6.56. The first-order valence-corrected chi connectivity index (χ1v) is 7.93. The minimum absolute atomic E-state index is 0.271. The number of ether oxygens (including phenoxy) is 1. The molecule has 2 nitrogen and oxygen atoms in total. The van der Waals surface area contributed by atoms with Gasteiger partial charge >= 0.3 is 0 Å². The number of Topliss-reactive ketones (excluding diaryl/α,β-unsaturated/α-hetero) is 1. The van der Waals surface area contributed by atoms with Crippen LogP contribution >= 0.6 is 0 Å². The average molecular weight is 270 g/mol.